The van der Waals surface area contributed by atoms with E-state index in [1.165, 1.54) is 0 Å². The highest BCUT2D eigenvalue weighted by molar-refractivity contribution is 8.09. The molecule has 22 heavy (non-hydrogen) atoms. The molecule has 0 N–H and O–H groups in total. The molecule has 1 aliphatic rings. The average molecular weight is 334 g/mol. The molecule has 5 heteroatoms. The van der Waals surface area contributed by atoms with Crippen molar-refractivity contribution in [2.24, 2.45) is 0 Å². The first-order chi connectivity index (χ1) is 10.4. The van der Waals surface area contributed by atoms with Crippen molar-refractivity contribution in [3.8, 4) is 11.5 Å². The first-order valence-electron chi connectivity index (χ1n) is 7.10. The highest BCUT2D eigenvalue weighted by atomic mass is 32.2. The molecule has 1 heterocycles. The lowest BCUT2D eigenvalue weighted by Crippen LogP contribution is -2.16. The van der Waals surface area contributed by atoms with E-state index in [-0.39, 0.29) is 15.7 Å². The van der Waals surface area contributed by atoms with Crippen LogP contribution in [0.2, 0.25) is 0 Å². The fourth-order valence-electron chi connectivity index (χ4n) is 2.20. The Morgan fingerprint density at radius 3 is 2.09 bits per heavy atom. The summed E-state index contributed by atoms with van der Waals surface area (Å²) >= 11 is 1.72. The summed E-state index contributed by atoms with van der Waals surface area (Å²) in [7, 11) is -3.23. The maximum Gasteiger partial charge on any atom is 0.179 e. The number of hydrogen-bond acceptors (Lipinski definition) is 4. The summed E-state index contributed by atoms with van der Waals surface area (Å²) in [6.07, 6.45) is 0. The van der Waals surface area contributed by atoms with Crippen molar-refractivity contribution in [3.05, 3.63) is 54.6 Å². The molecule has 1 unspecified atom stereocenters. The largest absolute Gasteiger partial charge is 0.457 e. The Labute approximate surface area is 135 Å². The third-order valence-electron chi connectivity index (χ3n) is 3.70. The van der Waals surface area contributed by atoms with Gasteiger partial charge in [0.15, 0.2) is 9.84 Å². The van der Waals surface area contributed by atoms with Gasteiger partial charge in [0.05, 0.1) is 10.6 Å². The molecule has 0 amide bonds. The maximum atomic E-state index is 12.4. The molecule has 0 bridgehead atoms. The quantitative estimate of drug-likeness (QED) is 0.771. The molecular formula is C17H18O3S2. The lowest BCUT2D eigenvalue weighted by molar-refractivity contribution is 0.482. The molecule has 1 saturated heterocycles. The van der Waals surface area contributed by atoms with E-state index in [2.05, 4.69) is 13.8 Å². The molecule has 1 aliphatic heterocycles. The van der Waals surface area contributed by atoms with Gasteiger partial charge in [0, 0.05) is 10.00 Å². The van der Waals surface area contributed by atoms with Gasteiger partial charge in [-0.1, -0.05) is 18.2 Å². The van der Waals surface area contributed by atoms with E-state index < -0.39 is 9.84 Å². The van der Waals surface area contributed by atoms with Gasteiger partial charge in [-0.25, -0.2) is 8.42 Å². The molecule has 0 spiro atoms. The fraction of sp³-hybridized carbons (Fsp3) is 0.294. The zero-order chi connectivity index (χ0) is 15.8. The Bertz CT molecular complexity index is 750. The monoisotopic (exact) mass is 334 g/mol. The first kappa shape index (κ1) is 15.4. The SMILES string of the molecule is CC1(C)SC1CS(=O)(=O)c1ccc(Oc2ccccc2)cc1. The predicted molar refractivity (Wildman–Crippen MR) is 90.5 cm³/mol. The molecule has 0 aliphatic carbocycles. The van der Waals surface area contributed by atoms with Crippen LogP contribution in [0.5, 0.6) is 11.5 Å². The normalized spacial score (nSPS) is 19.6. The van der Waals surface area contributed by atoms with Crippen LogP contribution < -0.4 is 4.74 Å². The average Bonchev–Trinajstić information content (AvgIpc) is 3.06. The van der Waals surface area contributed by atoms with Crippen molar-refractivity contribution < 1.29 is 13.2 Å². The summed E-state index contributed by atoms with van der Waals surface area (Å²) in [5, 5.41) is 0.192. The summed E-state index contributed by atoms with van der Waals surface area (Å²) < 4.78 is 30.5. The lowest BCUT2D eigenvalue weighted by Gasteiger charge is -2.08. The molecule has 0 saturated carbocycles. The Hall–Kier alpha value is -1.46. The Morgan fingerprint density at radius 1 is 1.00 bits per heavy atom. The second-order valence-corrected chi connectivity index (χ2v) is 9.77. The van der Waals surface area contributed by atoms with E-state index >= 15 is 0 Å². The highest BCUT2D eigenvalue weighted by Gasteiger charge is 2.49. The van der Waals surface area contributed by atoms with Crippen molar-refractivity contribution in [2.75, 3.05) is 5.75 Å². The summed E-state index contributed by atoms with van der Waals surface area (Å²) in [4.78, 5) is 0.358. The van der Waals surface area contributed by atoms with Gasteiger partial charge in [0.1, 0.15) is 11.5 Å². The fourth-order valence-corrected chi connectivity index (χ4v) is 5.42. The van der Waals surface area contributed by atoms with Crippen LogP contribution in [0.25, 0.3) is 0 Å². The van der Waals surface area contributed by atoms with Gasteiger partial charge in [0.25, 0.3) is 0 Å². The van der Waals surface area contributed by atoms with Crippen molar-refractivity contribution in [1.82, 2.24) is 0 Å². The molecule has 2 aromatic rings. The van der Waals surface area contributed by atoms with Crippen LogP contribution in [0.1, 0.15) is 13.8 Å². The van der Waals surface area contributed by atoms with Crippen LogP contribution in [0.4, 0.5) is 0 Å². The van der Waals surface area contributed by atoms with Crippen LogP contribution in [0.15, 0.2) is 59.5 Å². The Morgan fingerprint density at radius 2 is 1.55 bits per heavy atom. The van der Waals surface area contributed by atoms with E-state index in [1.807, 2.05) is 30.3 Å². The molecule has 116 valence electrons. The topological polar surface area (TPSA) is 43.4 Å². The number of thioether (sulfide) groups is 1. The van der Waals surface area contributed by atoms with Gasteiger partial charge < -0.3 is 4.74 Å². The van der Waals surface area contributed by atoms with Crippen LogP contribution in [-0.4, -0.2) is 24.2 Å². The minimum absolute atomic E-state index is 0.0867. The van der Waals surface area contributed by atoms with E-state index in [0.29, 0.717) is 10.6 Å². The molecule has 0 aromatic heterocycles. The van der Waals surface area contributed by atoms with Gasteiger partial charge in [-0.3, -0.25) is 0 Å². The molecular weight excluding hydrogens is 316 g/mol. The second-order valence-electron chi connectivity index (χ2n) is 5.88. The molecule has 0 radical (unpaired) electrons. The van der Waals surface area contributed by atoms with Gasteiger partial charge in [-0.2, -0.15) is 0 Å². The third-order valence-corrected chi connectivity index (χ3v) is 7.35. The van der Waals surface area contributed by atoms with E-state index in [1.54, 1.807) is 36.0 Å². The minimum Gasteiger partial charge on any atom is -0.457 e. The number of benzene rings is 2. The predicted octanol–water partition coefficient (Wildman–Crippen LogP) is 4.15. The smallest absolute Gasteiger partial charge is 0.179 e. The zero-order valence-corrected chi connectivity index (χ0v) is 14.2. The van der Waals surface area contributed by atoms with Crippen molar-refractivity contribution >= 4 is 21.6 Å². The van der Waals surface area contributed by atoms with Gasteiger partial charge in [-0.05, 0) is 50.2 Å². The second kappa shape index (κ2) is 5.63. The van der Waals surface area contributed by atoms with Crippen molar-refractivity contribution in [1.29, 1.82) is 0 Å². The van der Waals surface area contributed by atoms with Crippen LogP contribution in [0.3, 0.4) is 0 Å². The molecule has 2 aromatic carbocycles. The zero-order valence-electron chi connectivity index (χ0n) is 12.5. The van der Waals surface area contributed by atoms with Crippen molar-refractivity contribution in [3.63, 3.8) is 0 Å². The minimum atomic E-state index is -3.23. The van der Waals surface area contributed by atoms with E-state index in [0.717, 1.165) is 5.75 Å². The third kappa shape index (κ3) is 3.47. The number of para-hydroxylation sites is 1. The van der Waals surface area contributed by atoms with E-state index in [9.17, 15) is 8.42 Å². The summed E-state index contributed by atoms with van der Waals surface area (Å²) in [5.41, 5.74) is 0. The summed E-state index contributed by atoms with van der Waals surface area (Å²) in [5.74, 6) is 1.56. The summed E-state index contributed by atoms with van der Waals surface area (Å²) in [6.45, 7) is 4.16. The Kier molecular flexibility index (Phi) is 3.95. The van der Waals surface area contributed by atoms with Gasteiger partial charge in [-0.15, -0.1) is 11.8 Å². The number of sulfone groups is 1. The number of hydrogen-bond donors (Lipinski definition) is 0. The number of ether oxygens (including phenoxy) is 1. The van der Waals surface area contributed by atoms with Crippen molar-refractivity contribution in [2.45, 2.75) is 28.7 Å². The Balaban J connectivity index is 1.71. The number of rotatable bonds is 5. The standard InChI is InChI=1S/C17H18O3S2/c1-17(2)16(21-17)12-22(18,19)15-10-8-14(9-11-15)20-13-6-4-3-5-7-13/h3-11,16H,12H2,1-2H3. The molecule has 3 rings (SSSR count). The van der Waals surface area contributed by atoms with Gasteiger partial charge >= 0.3 is 0 Å². The molecule has 1 atom stereocenters. The van der Waals surface area contributed by atoms with E-state index in [4.69, 9.17) is 4.74 Å². The maximum absolute atomic E-state index is 12.4. The van der Waals surface area contributed by atoms with Crippen LogP contribution in [-0.2, 0) is 9.84 Å². The lowest BCUT2D eigenvalue weighted by atomic mass is 10.2. The highest BCUT2D eigenvalue weighted by Crippen LogP contribution is 2.53. The molecule has 1 fully saturated rings. The van der Waals surface area contributed by atoms with Gasteiger partial charge in [0.2, 0.25) is 0 Å². The first-order valence-corrected chi connectivity index (χ1v) is 9.64. The molecule has 3 nitrogen and oxygen atoms in total. The van der Waals surface area contributed by atoms with Crippen LogP contribution >= 0.6 is 11.8 Å². The summed E-state index contributed by atoms with van der Waals surface area (Å²) in [6, 6.07) is 16.1. The van der Waals surface area contributed by atoms with Crippen LogP contribution in [0, 0.1) is 0 Å².